The molecule has 134 valence electrons. The smallest absolute Gasteiger partial charge is 0.416 e. The van der Waals surface area contributed by atoms with Gasteiger partial charge < -0.3 is 9.47 Å². The van der Waals surface area contributed by atoms with Gasteiger partial charge in [-0.25, -0.2) is 9.18 Å². The van der Waals surface area contributed by atoms with Crippen LogP contribution in [0.1, 0.15) is 28.4 Å². The van der Waals surface area contributed by atoms with Crippen LogP contribution < -0.4 is 4.74 Å². The zero-order valence-corrected chi connectivity index (χ0v) is 13.7. The topological polar surface area (TPSA) is 35.5 Å². The molecule has 25 heavy (non-hydrogen) atoms. The van der Waals surface area contributed by atoms with E-state index in [1.165, 1.54) is 18.2 Å². The third-order valence-electron chi connectivity index (χ3n) is 3.22. The molecule has 8 heteroatoms. The second-order valence-corrected chi connectivity index (χ2v) is 5.34. The Morgan fingerprint density at radius 3 is 2.52 bits per heavy atom. The predicted molar refractivity (Wildman–Crippen MR) is 83.1 cm³/mol. The van der Waals surface area contributed by atoms with Crippen LogP contribution in [0.15, 0.2) is 36.4 Å². The highest BCUT2D eigenvalue weighted by Crippen LogP contribution is 2.35. The van der Waals surface area contributed by atoms with Gasteiger partial charge in [-0.1, -0.05) is 23.7 Å². The first kappa shape index (κ1) is 19.1. The van der Waals surface area contributed by atoms with E-state index in [9.17, 15) is 22.4 Å². The monoisotopic (exact) mass is 376 g/mol. The summed E-state index contributed by atoms with van der Waals surface area (Å²) in [7, 11) is 0. The Hall–Kier alpha value is -2.28. The van der Waals surface area contributed by atoms with Crippen LogP contribution in [0.5, 0.6) is 5.75 Å². The van der Waals surface area contributed by atoms with Crippen molar-refractivity contribution >= 4 is 17.6 Å². The number of ether oxygens (including phenoxy) is 2. The average Bonchev–Trinajstić information content (AvgIpc) is 2.54. The highest BCUT2D eigenvalue weighted by Gasteiger charge is 2.31. The van der Waals surface area contributed by atoms with Crippen LogP contribution in [-0.2, 0) is 17.5 Å². The zero-order chi connectivity index (χ0) is 18.6. The van der Waals surface area contributed by atoms with Gasteiger partial charge >= 0.3 is 12.1 Å². The van der Waals surface area contributed by atoms with Crippen molar-refractivity contribution in [2.24, 2.45) is 0 Å². The van der Waals surface area contributed by atoms with E-state index in [2.05, 4.69) is 0 Å². The Kier molecular flexibility index (Phi) is 5.89. The fourth-order valence-electron chi connectivity index (χ4n) is 2.01. The van der Waals surface area contributed by atoms with Crippen molar-refractivity contribution in [3.63, 3.8) is 0 Å². The lowest BCUT2D eigenvalue weighted by Gasteiger charge is -2.12. The number of hydrogen-bond donors (Lipinski definition) is 0. The quantitative estimate of drug-likeness (QED) is 0.528. The van der Waals surface area contributed by atoms with E-state index < -0.39 is 23.5 Å². The van der Waals surface area contributed by atoms with Crippen LogP contribution in [0.3, 0.4) is 0 Å². The summed E-state index contributed by atoms with van der Waals surface area (Å²) in [5, 5.41) is -0.253. The summed E-state index contributed by atoms with van der Waals surface area (Å²) in [6.07, 6.45) is -4.53. The number of carbonyl (C=O) groups excluding carboxylic acids is 1. The minimum absolute atomic E-state index is 0.0318. The number of rotatable bonds is 5. The van der Waals surface area contributed by atoms with Crippen molar-refractivity contribution in [1.82, 2.24) is 0 Å². The second-order valence-electron chi connectivity index (χ2n) is 4.93. The Bertz CT molecular complexity index is 775. The molecule has 0 N–H and O–H groups in total. The van der Waals surface area contributed by atoms with E-state index in [1.54, 1.807) is 6.92 Å². The van der Waals surface area contributed by atoms with E-state index in [1.807, 2.05) is 0 Å². The molecule has 0 saturated carbocycles. The molecule has 0 fully saturated rings. The second kappa shape index (κ2) is 7.74. The summed E-state index contributed by atoms with van der Waals surface area (Å²) in [4.78, 5) is 11.6. The maximum atomic E-state index is 14.3. The lowest BCUT2D eigenvalue weighted by Crippen LogP contribution is -2.10. The van der Waals surface area contributed by atoms with Gasteiger partial charge in [-0.05, 0) is 31.2 Å². The van der Waals surface area contributed by atoms with Gasteiger partial charge in [0, 0.05) is 5.56 Å². The number of benzene rings is 2. The maximum absolute atomic E-state index is 14.3. The Balaban J connectivity index is 2.17. The van der Waals surface area contributed by atoms with Crippen molar-refractivity contribution in [3.05, 3.63) is 63.9 Å². The third kappa shape index (κ3) is 4.63. The van der Waals surface area contributed by atoms with Gasteiger partial charge in [-0.15, -0.1) is 0 Å². The normalized spacial score (nSPS) is 11.3. The van der Waals surface area contributed by atoms with E-state index in [0.717, 1.165) is 18.2 Å². The molecule has 0 aliphatic heterocycles. The molecule has 2 aromatic rings. The molecule has 0 radical (unpaired) electrons. The average molecular weight is 377 g/mol. The Labute approximate surface area is 146 Å². The summed E-state index contributed by atoms with van der Waals surface area (Å²) in [6.45, 7) is 1.37. The van der Waals surface area contributed by atoms with Gasteiger partial charge in [-0.2, -0.15) is 13.2 Å². The summed E-state index contributed by atoms with van der Waals surface area (Å²) in [5.41, 5.74) is -1.12. The molecule has 0 amide bonds. The number of hydrogen-bond acceptors (Lipinski definition) is 3. The van der Waals surface area contributed by atoms with Crippen molar-refractivity contribution in [1.29, 1.82) is 0 Å². The molecule has 2 aromatic carbocycles. The zero-order valence-electron chi connectivity index (χ0n) is 13.0. The van der Waals surface area contributed by atoms with Gasteiger partial charge in [0.2, 0.25) is 0 Å². The largest absolute Gasteiger partial charge is 0.487 e. The lowest BCUT2D eigenvalue weighted by molar-refractivity contribution is -0.137. The minimum atomic E-state index is -4.53. The molecule has 0 aliphatic rings. The molecule has 2 rings (SSSR count). The van der Waals surface area contributed by atoms with E-state index in [4.69, 9.17) is 21.1 Å². The minimum Gasteiger partial charge on any atom is -0.487 e. The molecule has 0 bridgehead atoms. The van der Waals surface area contributed by atoms with Crippen LogP contribution >= 0.6 is 11.6 Å². The first-order valence-corrected chi connectivity index (χ1v) is 7.56. The van der Waals surface area contributed by atoms with Crippen LogP contribution in [0, 0.1) is 5.82 Å². The summed E-state index contributed by atoms with van der Waals surface area (Å²) in [6, 6.07) is 6.69. The molecule has 3 nitrogen and oxygen atoms in total. The molecule has 0 unspecified atom stereocenters. The molecular weight excluding hydrogens is 364 g/mol. The van der Waals surface area contributed by atoms with Crippen molar-refractivity contribution in [2.75, 3.05) is 6.61 Å². The van der Waals surface area contributed by atoms with Gasteiger partial charge in [0.15, 0.2) is 0 Å². The molecule has 0 aliphatic carbocycles. The summed E-state index contributed by atoms with van der Waals surface area (Å²) < 4.78 is 62.1. The number of carbonyl (C=O) groups is 1. The Morgan fingerprint density at radius 1 is 1.20 bits per heavy atom. The fourth-order valence-corrected chi connectivity index (χ4v) is 2.24. The fraction of sp³-hybridized carbons (Fsp3) is 0.235. The van der Waals surface area contributed by atoms with Gasteiger partial charge in [0.1, 0.15) is 18.2 Å². The summed E-state index contributed by atoms with van der Waals surface area (Å²) >= 11 is 5.77. The van der Waals surface area contributed by atoms with Crippen molar-refractivity contribution in [2.45, 2.75) is 19.7 Å². The van der Waals surface area contributed by atoms with E-state index >= 15 is 0 Å². The van der Waals surface area contributed by atoms with Gasteiger partial charge in [0.05, 0.1) is 22.8 Å². The maximum Gasteiger partial charge on any atom is 0.416 e. The molecule has 0 spiro atoms. The molecule has 0 aromatic heterocycles. The Morgan fingerprint density at radius 2 is 1.92 bits per heavy atom. The molecule has 0 atom stereocenters. The molecule has 0 saturated heterocycles. The molecular formula is C17H13ClF4O3. The van der Waals surface area contributed by atoms with Gasteiger partial charge in [-0.3, -0.25) is 0 Å². The third-order valence-corrected chi connectivity index (χ3v) is 3.51. The van der Waals surface area contributed by atoms with Crippen molar-refractivity contribution < 1.29 is 31.8 Å². The van der Waals surface area contributed by atoms with E-state index in [-0.39, 0.29) is 35.1 Å². The standard InChI is InChI=1S/C17H13ClF4O3/c1-2-24-16(23)12-5-3-4-10(15(12)19)9-25-14-7-6-11(8-13(14)18)17(20,21)22/h3-8H,2,9H2,1H3. The summed E-state index contributed by atoms with van der Waals surface area (Å²) in [5.74, 6) is -1.66. The number of alkyl halides is 3. The van der Waals surface area contributed by atoms with Crippen LogP contribution in [0.2, 0.25) is 5.02 Å². The predicted octanol–water partition coefficient (Wildman–Crippen LogP) is 5.25. The first-order valence-electron chi connectivity index (χ1n) is 7.18. The van der Waals surface area contributed by atoms with Gasteiger partial charge in [0.25, 0.3) is 0 Å². The number of halogens is 5. The van der Waals surface area contributed by atoms with E-state index in [0.29, 0.717) is 0 Å². The lowest BCUT2D eigenvalue weighted by atomic mass is 10.1. The van der Waals surface area contributed by atoms with Crippen LogP contribution in [0.4, 0.5) is 17.6 Å². The number of esters is 1. The van der Waals surface area contributed by atoms with Crippen LogP contribution in [-0.4, -0.2) is 12.6 Å². The highest BCUT2D eigenvalue weighted by atomic mass is 35.5. The molecule has 0 heterocycles. The SMILES string of the molecule is CCOC(=O)c1cccc(COc2ccc(C(F)(F)F)cc2Cl)c1F. The van der Waals surface area contributed by atoms with Crippen molar-refractivity contribution in [3.8, 4) is 5.75 Å². The highest BCUT2D eigenvalue weighted by molar-refractivity contribution is 6.32. The first-order chi connectivity index (χ1) is 11.7. The van der Waals surface area contributed by atoms with Crippen LogP contribution in [0.25, 0.3) is 0 Å².